The fraction of sp³-hybridized carbons (Fsp3) is 0.733. The second kappa shape index (κ2) is 8.48. The lowest BCUT2D eigenvalue weighted by Gasteiger charge is -2.32. The summed E-state index contributed by atoms with van der Waals surface area (Å²) in [5.74, 6) is 0.176. The average molecular weight is 357 g/mol. The maximum absolute atomic E-state index is 12.2. The van der Waals surface area contributed by atoms with Gasteiger partial charge in [0.25, 0.3) is 0 Å². The Morgan fingerprint density at radius 1 is 1.46 bits per heavy atom. The molecule has 1 aromatic heterocycles. The highest BCUT2D eigenvalue weighted by molar-refractivity contribution is 7.88. The van der Waals surface area contributed by atoms with Crippen molar-refractivity contribution in [1.29, 1.82) is 0 Å². The van der Waals surface area contributed by atoms with Gasteiger partial charge in [-0.3, -0.25) is 4.68 Å². The van der Waals surface area contributed by atoms with Crippen LogP contribution in [0.3, 0.4) is 0 Å². The van der Waals surface area contributed by atoms with Crippen molar-refractivity contribution in [2.75, 3.05) is 32.4 Å². The van der Waals surface area contributed by atoms with E-state index in [1.807, 2.05) is 19.4 Å². The van der Waals surface area contributed by atoms with E-state index in [1.165, 1.54) is 0 Å². The summed E-state index contributed by atoms with van der Waals surface area (Å²) < 4.78 is 26.6. The van der Waals surface area contributed by atoms with Gasteiger partial charge in [-0.1, -0.05) is 0 Å². The van der Waals surface area contributed by atoms with E-state index in [9.17, 15) is 13.2 Å². The molecule has 24 heavy (non-hydrogen) atoms. The molecular weight excluding hydrogens is 330 g/mol. The summed E-state index contributed by atoms with van der Waals surface area (Å²) in [4.78, 5) is 14.0. The number of hydrogen-bond donors (Lipinski definition) is 2. The largest absolute Gasteiger partial charge is 0.338 e. The second-order valence-corrected chi connectivity index (χ2v) is 8.27. The van der Waals surface area contributed by atoms with E-state index in [-0.39, 0.29) is 11.9 Å². The maximum atomic E-state index is 12.2. The van der Waals surface area contributed by atoms with Crippen molar-refractivity contribution >= 4 is 16.1 Å². The average Bonchev–Trinajstić information content (AvgIpc) is 2.94. The van der Waals surface area contributed by atoms with Gasteiger partial charge in [-0.05, 0) is 37.2 Å². The van der Waals surface area contributed by atoms with Gasteiger partial charge >= 0.3 is 6.03 Å². The number of nitrogens with zero attached hydrogens (tertiary/aromatic N) is 3. The molecule has 2 heterocycles. The molecule has 1 aromatic rings. The molecule has 0 aromatic carbocycles. The first-order valence-corrected chi connectivity index (χ1v) is 10.2. The number of urea groups is 1. The molecule has 9 heteroatoms. The van der Waals surface area contributed by atoms with Gasteiger partial charge in [0.1, 0.15) is 0 Å². The lowest BCUT2D eigenvalue weighted by molar-refractivity contribution is 0.166. The molecule has 2 amide bonds. The number of nitrogens with one attached hydrogen (secondary N) is 2. The third-order valence-electron chi connectivity index (χ3n) is 4.12. The topological polar surface area (TPSA) is 96.3 Å². The third kappa shape index (κ3) is 6.48. The SMILES string of the molecule is Cn1cc(CCCNC(=O)N2CCCC(CNS(C)(=O)=O)C2)cn1. The Morgan fingerprint density at radius 3 is 2.92 bits per heavy atom. The number of aryl methyl sites for hydroxylation is 2. The zero-order valence-electron chi connectivity index (χ0n) is 14.4. The van der Waals surface area contributed by atoms with Gasteiger partial charge in [-0.25, -0.2) is 17.9 Å². The minimum absolute atomic E-state index is 0.0646. The Labute approximate surface area is 143 Å². The molecule has 0 radical (unpaired) electrons. The Morgan fingerprint density at radius 2 is 2.25 bits per heavy atom. The van der Waals surface area contributed by atoms with Gasteiger partial charge in [0.2, 0.25) is 10.0 Å². The van der Waals surface area contributed by atoms with Crippen molar-refractivity contribution < 1.29 is 13.2 Å². The van der Waals surface area contributed by atoms with E-state index in [0.29, 0.717) is 19.6 Å². The van der Waals surface area contributed by atoms with Crippen LogP contribution < -0.4 is 10.0 Å². The van der Waals surface area contributed by atoms with E-state index >= 15 is 0 Å². The summed E-state index contributed by atoms with van der Waals surface area (Å²) in [6.45, 7) is 2.33. The summed E-state index contributed by atoms with van der Waals surface area (Å²) in [5, 5.41) is 7.06. The minimum Gasteiger partial charge on any atom is -0.338 e. The molecule has 1 saturated heterocycles. The zero-order valence-corrected chi connectivity index (χ0v) is 15.2. The van der Waals surface area contributed by atoms with Crippen LogP contribution in [0.4, 0.5) is 4.79 Å². The van der Waals surface area contributed by atoms with Crippen LogP contribution >= 0.6 is 0 Å². The molecule has 2 N–H and O–H groups in total. The zero-order chi connectivity index (χ0) is 17.6. The molecular formula is C15H27N5O3S. The maximum Gasteiger partial charge on any atom is 0.317 e. The van der Waals surface area contributed by atoms with E-state index in [4.69, 9.17) is 0 Å². The quantitative estimate of drug-likeness (QED) is 0.687. The molecule has 1 atom stereocenters. The molecule has 1 aliphatic rings. The predicted molar refractivity (Wildman–Crippen MR) is 92.1 cm³/mol. The van der Waals surface area contributed by atoms with Crippen molar-refractivity contribution in [2.24, 2.45) is 13.0 Å². The summed E-state index contributed by atoms with van der Waals surface area (Å²) in [6.07, 6.45) is 8.56. The van der Waals surface area contributed by atoms with Crippen LogP contribution in [0, 0.1) is 5.92 Å². The Balaban J connectivity index is 1.67. The molecule has 1 aliphatic heterocycles. The van der Waals surface area contributed by atoms with Crippen LogP contribution in [0.1, 0.15) is 24.8 Å². The number of sulfonamides is 1. The second-order valence-electron chi connectivity index (χ2n) is 6.43. The van der Waals surface area contributed by atoms with Gasteiger partial charge in [-0.15, -0.1) is 0 Å². The Kier molecular flexibility index (Phi) is 6.61. The summed E-state index contributed by atoms with van der Waals surface area (Å²) in [6, 6.07) is -0.0646. The summed E-state index contributed by atoms with van der Waals surface area (Å²) in [7, 11) is -1.29. The smallest absolute Gasteiger partial charge is 0.317 e. The number of carbonyl (C=O) groups excluding carboxylic acids is 1. The van der Waals surface area contributed by atoms with Crippen LogP contribution in [-0.2, 0) is 23.5 Å². The van der Waals surface area contributed by atoms with Gasteiger partial charge in [0.15, 0.2) is 0 Å². The first-order chi connectivity index (χ1) is 11.3. The van der Waals surface area contributed by atoms with Gasteiger partial charge in [-0.2, -0.15) is 5.10 Å². The molecule has 136 valence electrons. The van der Waals surface area contributed by atoms with Crippen LogP contribution in [0.5, 0.6) is 0 Å². The number of aromatic nitrogens is 2. The van der Waals surface area contributed by atoms with E-state index in [0.717, 1.165) is 44.0 Å². The molecule has 1 unspecified atom stereocenters. The molecule has 2 rings (SSSR count). The Bertz CT molecular complexity index is 643. The number of likely N-dealkylation sites (tertiary alicyclic amines) is 1. The molecule has 0 aliphatic carbocycles. The van der Waals surface area contributed by atoms with E-state index in [1.54, 1.807) is 9.58 Å². The number of hydrogen-bond acceptors (Lipinski definition) is 4. The highest BCUT2D eigenvalue weighted by Gasteiger charge is 2.23. The van der Waals surface area contributed by atoms with Gasteiger partial charge < -0.3 is 10.2 Å². The molecule has 1 fully saturated rings. The van der Waals surface area contributed by atoms with Crippen molar-refractivity contribution in [2.45, 2.75) is 25.7 Å². The minimum atomic E-state index is -3.18. The first kappa shape index (κ1) is 18.7. The summed E-state index contributed by atoms with van der Waals surface area (Å²) in [5.41, 5.74) is 1.16. The fourth-order valence-electron chi connectivity index (χ4n) is 2.89. The normalized spacial score (nSPS) is 18.6. The van der Waals surface area contributed by atoms with E-state index in [2.05, 4.69) is 15.1 Å². The highest BCUT2D eigenvalue weighted by Crippen LogP contribution is 2.16. The van der Waals surface area contributed by atoms with Crippen molar-refractivity contribution in [3.05, 3.63) is 18.0 Å². The van der Waals surface area contributed by atoms with Gasteiger partial charge in [0, 0.05) is 39.4 Å². The monoisotopic (exact) mass is 357 g/mol. The van der Waals surface area contributed by atoms with Crippen LogP contribution in [0.15, 0.2) is 12.4 Å². The standard InChI is InChI=1S/C15H27N5O3S/c1-19-11-13(9-17-19)5-3-7-16-15(21)20-8-4-6-14(12-20)10-18-24(2,22)23/h9,11,14,18H,3-8,10,12H2,1-2H3,(H,16,21). The third-order valence-corrected chi connectivity index (χ3v) is 4.81. The van der Waals surface area contributed by atoms with Crippen LogP contribution in [-0.4, -0.2) is 61.6 Å². The van der Waals surface area contributed by atoms with Crippen molar-refractivity contribution in [1.82, 2.24) is 24.7 Å². The van der Waals surface area contributed by atoms with E-state index < -0.39 is 10.0 Å². The van der Waals surface area contributed by atoms with Crippen molar-refractivity contribution in [3.63, 3.8) is 0 Å². The number of amides is 2. The highest BCUT2D eigenvalue weighted by atomic mass is 32.2. The number of carbonyl (C=O) groups is 1. The number of piperidine rings is 1. The lowest BCUT2D eigenvalue weighted by Crippen LogP contribution is -2.47. The molecule has 0 saturated carbocycles. The first-order valence-electron chi connectivity index (χ1n) is 8.28. The Hall–Kier alpha value is -1.61. The molecule has 0 bridgehead atoms. The summed E-state index contributed by atoms with van der Waals surface area (Å²) >= 11 is 0. The molecule has 8 nitrogen and oxygen atoms in total. The van der Waals surface area contributed by atoms with Crippen LogP contribution in [0.25, 0.3) is 0 Å². The fourth-order valence-corrected chi connectivity index (χ4v) is 3.42. The van der Waals surface area contributed by atoms with Gasteiger partial charge in [0.05, 0.1) is 12.5 Å². The predicted octanol–water partition coefficient (Wildman–Crippen LogP) is 0.324. The molecule has 0 spiro atoms. The van der Waals surface area contributed by atoms with Crippen molar-refractivity contribution in [3.8, 4) is 0 Å². The van der Waals surface area contributed by atoms with Crippen LogP contribution in [0.2, 0.25) is 0 Å². The number of rotatable bonds is 7. The lowest BCUT2D eigenvalue weighted by atomic mass is 9.99.